The van der Waals surface area contributed by atoms with Gasteiger partial charge in [-0.1, -0.05) is 18.2 Å². The molecule has 154 valence electrons. The standard InChI is InChI=1S/C19H23F2N3O2S.ClH/c20-15-6-5-7-16(21)19(15)24-18-9-2-1-8-17(18)23(27(24,25)26)13-4-3-12-22-14-10-11-14;/h1-2,5-9,14,22,25-26H,3-4,10-13H2;1H. The van der Waals surface area contributed by atoms with Crippen molar-refractivity contribution in [1.82, 2.24) is 5.32 Å². The summed E-state index contributed by atoms with van der Waals surface area (Å²) in [6.07, 6.45) is 4.07. The topological polar surface area (TPSA) is 59.0 Å². The van der Waals surface area contributed by atoms with Gasteiger partial charge in [-0.05, 0) is 67.5 Å². The van der Waals surface area contributed by atoms with Crippen molar-refractivity contribution in [3.8, 4) is 0 Å². The molecule has 3 N–H and O–H groups in total. The molecule has 28 heavy (non-hydrogen) atoms. The minimum absolute atomic E-state index is 0. The third-order valence-corrected chi connectivity index (χ3v) is 6.69. The first-order valence-corrected chi connectivity index (χ1v) is 10.6. The van der Waals surface area contributed by atoms with Crippen molar-refractivity contribution < 1.29 is 17.9 Å². The molecule has 1 heterocycles. The molecular weight excluding hydrogens is 408 g/mol. The van der Waals surface area contributed by atoms with Crippen molar-refractivity contribution in [2.75, 3.05) is 21.7 Å². The van der Waals surface area contributed by atoms with Crippen molar-refractivity contribution in [3.05, 3.63) is 54.1 Å². The zero-order valence-corrected chi connectivity index (χ0v) is 16.9. The first kappa shape index (κ1) is 21.1. The SMILES string of the molecule is Cl.OS1(O)N(CCCCNC2CC2)c2ccccc2N1c1c(F)cccc1F. The minimum atomic E-state index is -3.61. The van der Waals surface area contributed by atoms with Crippen LogP contribution in [0.2, 0.25) is 0 Å². The Balaban J connectivity index is 0.00000225. The molecule has 0 atom stereocenters. The first-order valence-electron chi connectivity index (χ1n) is 9.13. The number of hydrogen-bond acceptors (Lipinski definition) is 5. The summed E-state index contributed by atoms with van der Waals surface area (Å²) in [5.74, 6) is -1.67. The number of halogens is 3. The van der Waals surface area contributed by atoms with Gasteiger partial charge < -0.3 is 5.32 Å². The Kier molecular flexibility index (Phi) is 6.36. The second-order valence-electron chi connectivity index (χ2n) is 6.88. The predicted octanol–water partition coefficient (Wildman–Crippen LogP) is 5.46. The van der Waals surface area contributed by atoms with E-state index in [1.165, 1.54) is 23.2 Å². The van der Waals surface area contributed by atoms with E-state index >= 15 is 0 Å². The number of hydrogen-bond donors (Lipinski definition) is 3. The molecule has 0 spiro atoms. The highest BCUT2D eigenvalue weighted by Crippen LogP contribution is 2.64. The summed E-state index contributed by atoms with van der Waals surface area (Å²) in [7, 11) is -3.61. The maximum Gasteiger partial charge on any atom is 0.151 e. The van der Waals surface area contributed by atoms with E-state index in [1.807, 2.05) is 0 Å². The van der Waals surface area contributed by atoms with Crippen LogP contribution in [0.3, 0.4) is 0 Å². The van der Waals surface area contributed by atoms with Crippen molar-refractivity contribution in [2.45, 2.75) is 31.7 Å². The average molecular weight is 432 g/mol. The predicted molar refractivity (Wildman–Crippen MR) is 113 cm³/mol. The lowest BCUT2D eigenvalue weighted by Crippen LogP contribution is -2.33. The van der Waals surface area contributed by atoms with Crippen LogP contribution in [-0.2, 0) is 0 Å². The van der Waals surface area contributed by atoms with Crippen LogP contribution in [0.4, 0.5) is 25.8 Å². The maximum absolute atomic E-state index is 14.4. The van der Waals surface area contributed by atoms with Crippen molar-refractivity contribution in [1.29, 1.82) is 0 Å². The Hall–Kier alpha value is -1.58. The molecule has 0 amide bonds. The molecule has 9 heteroatoms. The summed E-state index contributed by atoms with van der Waals surface area (Å²) < 4.78 is 53.1. The molecular formula is C19H24ClF2N3O2S. The number of nitrogens with zero attached hydrogens (tertiary/aromatic N) is 2. The van der Waals surface area contributed by atoms with E-state index in [0.29, 0.717) is 24.0 Å². The van der Waals surface area contributed by atoms with Gasteiger partial charge in [0.15, 0.2) is 11.6 Å². The molecule has 1 aliphatic carbocycles. The summed E-state index contributed by atoms with van der Waals surface area (Å²) >= 11 is 0. The fourth-order valence-corrected chi connectivity index (χ4v) is 5.18. The Morgan fingerprint density at radius 2 is 1.61 bits per heavy atom. The van der Waals surface area contributed by atoms with Gasteiger partial charge in [-0.25, -0.2) is 13.1 Å². The van der Waals surface area contributed by atoms with Gasteiger partial charge in [-0.2, -0.15) is 0 Å². The molecule has 0 aromatic heterocycles. The number of benzene rings is 2. The summed E-state index contributed by atoms with van der Waals surface area (Å²) in [5, 5.41) is 3.43. The van der Waals surface area contributed by atoms with E-state index in [2.05, 4.69) is 5.32 Å². The van der Waals surface area contributed by atoms with E-state index in [-0.39, 0.29) is 12.4 Å². The number of anilines is 3. The van der Waals surface area contributed by atoms with Gasteiger partial charge in [-0.3, -0.25) is 13.4 Å². The molecule has 1 saturated carbocycles. The van der Waals surface area contributed by atoms with Crippen LogP contribution < -0.4 is 13.9 Å². The monoisotopic (exact) mass is 431 g/mol. The highest BCUT2D eigenvalue weighted by atomic mass is 35.5. The normalized spacial score (nSPS) is 18.6. The zero-order valence-electron chi connectivity index (χ0n) is 15.2. The summed E-state index contributed by atoms with van der Waals surface area (Å²) in [6.45, 7) is 1.27. The molecule has 4 rings (SSSR count). The first-order chi connectivity index (χ1) is 13.0. The Morgan fingerprint density at radius 3 is 2.25 bits per heavy atom. The van der Waals surface area contributed by atoms with Gasteiger partial charge >= 0.3 is 0 Å². The van der Waals surface area contributed by atoms with E-state index < -0.39 is 28.3 Å². The van der Waals surface area contributed by atoms with Crippen molar-refractivity contribution >= 4 is 40.4 Å². The third-order valence-electron chi connectivity index (χ3n) is 4.85. The van der Waals surface area contributed by atoms with Crippen LogP contribution in [0.15, 0.2) is 42.5 Å². The number of rotatable bonds is 7. The number of unbranched alkanes of at least 4 members (excludes halogenated alkanes) is 1. The Labute approximate surface area is 171 Å². The second-order valence-corrected chi connectivity index (χ2v) is 8.67. The molecule has 1 aliphatic heterocycles. The van der Waals surface area contributed by atoms with E-state index in [4.69, 9.17) is 0 Å². The molecule has 0 saturated heterocycles. The number of para-hydroxylation sites is 3. The van der Waals surface area contributed by atoms with E-state index in [1.54, 1.807) is 24.3 Å². The smallest absolute Gasteiger partial charge is 0.151 e. The van der Waals surface area contributed by atoms with Crippen LogP contribution in [-0.4, -0.2) is 28.2 Å². The quantitative estimate of drug-likeness (QED) is 0.508. The van der Waals surface area contributed by atoms with Crippen LogP contribution in [0.1, 0.15) is 25.7 Å². The number of nitrogens with one attached hydrogen (secondary N) is 1. The summed E-state index contributed by atoms with van der Waals surface area (Å²) in [5.41, 5.74) is 0.510. The van der Waals surface area contributed by atoms with Gasteiger partial charge in [0.2, 0.25) is 0 Å². The minimum Gasteiger partial charge on any atom is -0.314 e. The third kappa shape index (κ3) is 3.92. The largest absolute Gasteiger partial charge is 0.314 e. The Morgan fingerprint density at radius 1 is 0.964 bits per heavy atom. The molecule has 0 bridgehead atoms. The average Bonchev–Trinajstić information content (AvgIpc) is 3.42. The highest BCUT2D eigenvalue weighted by Gasteiger charge is 2.43. The fraction of sp³-hybridized carbons (Fsp3) is 0.368. The highest BCUT2D eigenvalue weighted by molar-refractivity contribution is 8.27. The maximum atomic E-state index is 14.4. The molecule has 1 fully saturated rings. The zero-order chi connectivity index (χ0) is 19.0. The van der Waals surface area contributed by atoms with Crippen molar-refractivity contribution in [2.24, 2.45) is 0 Å². The summed E-state index contributed by atoms with van der Waals surface area (Å²) in [4.78, 5) is 0. The van der Waals surface area contributed by atoms with Gasteiger partial charge in [0.05, 0.1) is 11.4 Å². The molecule has 2 aromatic rings. The van der Waals surface area contributed by atoms with Gasteiger partial charge in [-0.15, -0.1) is 12.4 Å². The van der Waals surface area contributed by atoms with Crippen LogP contribution in [0.25, 0.3) is 0 Å². The second kappa shape index (κ2) is 8.42. The lowest BCUT2D eigenvalue weighted by Gasteiger charge is -2.43. The van der Waals surface area contributed by atoms with Gasteiger partial charge in [0.25, 0.3) is 0 Å². The van der Waals surface area contributed by atoms with Crippen LogP contribution >= 0.6 is 23.4 Å². The fourth-order valence-electron chi connectivity index (χ4n) is 3.35. The molecule has 0 radical (unpaired) electrons. The van der Waals surface area contributed by atoms with E-state index in [9.17, 15) is 17.9 Å². The molecule has 5 nitrogen and oxygen atoms in total. The lowest BCUT2D eigenvalue weighted by atomic mass is 10.2. The Bertz CT molecular complexity index is 818. The molecule has 0 unspecified atom stereocenters. The van der Waals surface area contributed by atoms with Crippen LogP contribution in [0, 0.1) is 11.6 Å². The van der Waals surface area contributed by atoms with Crippen molar-refractivity contribution in [3.63, 3.8) is 0 Å². The lowest BCUT2D eigenvalue weighted by molar-refractivity contribution is 0.480. The molecule has 2 aliphatic rings. The molecule has 2 aromatic carbocycles. The van der Waals surface area contributed by atoms with Crippen LogP contribution in [0.5, 0.6) is 0 Å². The summed E-state index contributed by atoms with van der Waals surface area (Å²) in [6, 6.07) is 11.0. The number of fused-ring (bicyclic) bond motifs is 1. The van der Waals surface area contributed by atoms with Gasteiger partial charge in [0.1, 0.15) is 5.69 Å². The van der Waals surface area contributed by atoms with Gasteiger partial charge in [0, 0.05) is 12.6 Å². The van der Waals surface area contributed by atoms with E-state index in [0.717, 1.165) is 35.8 Å².